The Morgan fingerprint density at radius 1 is 1.29 bits per heavy atom. The molecule has 21 heavy (non-hydrogen) atoms. The summed E-state index contributed by atoms with van der Waals surface area (Å²) in [5.74, 6) is -0.0672. The molecule has 1 saturated heterocycles. The van der Waals surface area contributed by atoms with Crippen LogP contribution < -0.4 is 16.0 Å². The number of carbonyl (C=O) groups is 2. The summed E-state index contributed by atoms with van der Waals surface area (Å²) in [5, 5.41) is 8.99. The third kappa shape index (κ3) is 4.86. The minimum Gasteiger partial charge on any atom is -0.352 e. The molecule has 5 nitrogen and oxygen atoms in total. The summed E-state index contributed by atoms with van der Waals surface area (Å²) < 4.78 is 0. The van der Waals surface area contributed by atoms with Crippen LogP contribution in [0.25, 0.3) is 0 Å². The molecule has 1 aliphatic heterocycles. The molecule has 0 radical (unpaired) electrons. The van der Waals surface area contributed by atoms with Crippen molar-refractivity contribution in [2.24, 2.45) is 0 Å². The Balaban J connectivity index is 1.83. The first-order valence-electron chi connectivity index (χ1n) is 7.60. The van der Waals surface area contributed by atoms with Gasteiger partial charge < -0.3 is 16.0 Å². The Morgan fingerprint density at radius 2 is 2.05 bits per heavy atom. The Kier molecular flexibility index (Phi) is 5.75. The molecule has 1 unspecified atom stereocenters. The molecule has 0 saturated carbocycles. The fourth-order valence-electron chi connectivity index (χ4n) is 2.41. The van der Waals surface area contributed by atoms with Gasteiger partial charge in [0.15, 0.2) is 0 Å². The van der Waals surface area contributed by atoms with Crippen LogP contribution in [0.15, 0.2) is 24.3 Å². The summed E-state index contributed by atoms with van der Waals surface area (Å²) in [7, 11) is 0. The van der Waals surface area contributed by atoms with Gasteiger partial charge in [-0.3, -0.25) is 9.59 Å². The second-order valence-electron chi connectivity index (χ2n) is 5.38. The molecule has 1 aromatic carbocycles. The molecule has 0 aliphatic carbocycles. The van der Waals surface area contributed by atoms with E-state index >= 15 is 0 Å². The van der Waals surface area contributed by atoms with Gasteiger partial charge in [-0.15, -0.1) is 0 Å². The molecule has 0 aromatic heterocycles. The van der Waals surface area contributed by atoms with Gasteiger partial charge in [0.25, 0.3) is 5.91 Å². The largest absolute Gasteiger partial charge is 0.352 e. The molecule has 3 N–H and O–H groups in total. The van der Waals surface area contributed by atoms with E-state index in [1.54, 1.807) is 24.3 Å². The van der Waals surface area contributed by atoms with Crippen molar-refractivity contribution < 1.29 is 9.59 Å². The van der Waals surface area contributed by atoms with Crippen LogP contribution in [-0.2, 0) is 4.79 Å². The van der Waals surface area contributed by atoms with E-state index in [-0.39, 0.29) is 11.8 Å². The number of anilines is 1. The number of amides is 2. The van der Waals surface area contributed by atoms with Gasteiger partial charge in [0.2, 0.25) is 5.91 Å². The third-order valence-electron chi connectivity index (χ3n) is 3.56. The molecule has 1 heterocycles. The Labute approximate surface area is 125 Å². The summed E-state index contributed by atoms with van der Waals surface area (Å²) in [6, 6.07) is 7.29. The number of hydrogen-bond donors (Lipinski definition) is 3. The van der Waals surface area contributed by atoms with E-state index < -0.39 is 0 Å². The third-order valence-corrected chi connectivity index (χ3v) is 3.56. The summed E-state index contributed by atoms with van der Waals surface area (Å²) in [6.07, 6.45) is 3.61. The van der Waals surface area contributed by atoms with E-state index in [0.29, 0.717) is 24.6 Å². The van der Waals surface area contributed by atoms with E-state index in [9.17, 15) is 9.59 Å². The Morgan fingerprint density at radius 3 is 2.67 bits per heavy atom. The molecule has 0 spiro atoms. The fourth-order valence-corrected chi connectivity index (χ4v) is 2.41. The maximum Gasteiger partial charge on any atom is 0.251 e. The van der Waals surface area contributed by atoms with Gasteiger partial charge in [-0.2, -0.15) is 0 Å². The van der Waals surface area contributed by atoms with E-state index in [0.717, 1.165) is 31.5 Å². The molecule has 114 valence electrons. The van der Waals surface area contributed by atoms with Crippen LogP contribution in [0.2, 0.25) is 0 Å². The number of carbonyl (C=O) groups excluding carboxylic acids is 2. The SMILES string of the molecule is CCCNC(=O)c1ccc(NC(=O)CC2CCCN2)cc1. The first-order valence-corrected chi connectivity index (χ1v) is 7.60. The van der Waals surface area contributed by atoms with E-state index in [1.807, 2.05) is 6.92 Å². The second kappa shape index (κ2) is 7.78. The lowest BCUT2D eigenvalue weighted by Gasteiger charge is -2.11. The van der Waals surface area contributed by atoms with Crippen molar-refractivity contribution in [3.05, 3.63) is 29.8 Å². The van der Waals surface area contributed by atoms with Crippen molar-refractivity contribution in [1.29, 1.82) is 0 Å². The van der Waals surface area contributed by atoms with Gasteiger partial charge in [-0.25, -0.2) is 0 Å². The lowest BCUT2D eigenvalue weighted by atomic mass is 10.1. The first kappa shape index (κ1) is 15.5. The van der Waals surface area contributed by atoms with Crippen molar-refractivity contribution in [2.75, 3.05) is 18.4 Å². The highest BCUT2D eigenvalue weighted by Gasteiger charge is 2.17. The molecule has 2 amide bonds. The normalized spacial score (nSPS) is 17.5. The highest BCUT2D eigenvalue weighted by molar-refractivity contribution is 5.95. The topological polar surface area (TPSA) is 70.2 Å². The predicted molar refractivity (Wildman–Crippen MR) is 83.3 cm³/mol. The van der Waals surface area contributed by atoms with Crippen LogP contribution in [0.3, 0.4) is 0 Å². The van der Waals surface area contributed by atoms with Crippen molar-refractivity contribution in [3.63, 3.8) is 0 Å². The highest BCUT2D eigenvalue weighted by atomic mass is 16.2. The molecular formula is C16H23N3O2. The quantitative estimate of drug-likeness (QED) is 0.749. The molecule has 2 rings (SSSR count). The summed E-state index contributed by atoms with van der Waals surface area (Å²) >= 11 is 0. The van der Waals surface area contributed by atoms with Gasteiger partial charge in [0, 0.05) is 30.3 Å². The first-order chi connectivity index (χ1) is 10.2. The highest BCUT2D eigenvalue weighted by Crippen LogP contribution is 2.13. The molecule has 0 bridgehead atoms. The van der Waals surface area contributed by atoms with E-state index in [2.05, 4.69) is 16.0 Å². The number of hydrogen-bond acceptors (Lipinski definition) is 3. The van der Waals surface area contributed by atoms with Crippen molar-refractivity contribution in [3.8, 4) is 0 Å². The van der Waals surface area contributed by atoms with Gasteiger partial charge in [0.1, 0.15) is 0 Å². The minimum absolute atomic E-state index is 0.0117. The fraction of sp³-hybridized carbons (Fsp3) is 0.500. The van der Waals surface area contributed by atoms with Crippen LogP contribution >= 0.6 is 0 Å². The van der Waals surface area contributed by atoms with Crippen LogP contribution in [0.1, 0.15) is 43.0 Å². The zero-order valence-electron chi connectivity index (χ0n) is 12.4. The lowest BCUT2D eigenvalue weighted by molar-refractivity contribution is -0.116. The molecular weight excluding hydrogens is 266 g/mol. The number of benzene rings is 1. The summed E-state index contributed by atoms with van der Waals surface area (Å²) in [5.41, 5.74) is 1.34. The molecule has 5 heteroatoms. The van der Waals surface area contributed by atoms with Gasteiger partial charge in [0.05, 0.1) is 0 Å². The molecule has 1 atom stereocenters. The zero-order valence-corrected chi connectivity index (χ0v) is 12.4. The standard InChI is InChI=1S/C16H23N3O2/c1-2-9-18-16(21)12-5-7-13(8-6-12)19-15(20)11-14-4-3-10-17-14/h5-8,14,17H,2-4,9-11H2,1H3,(H,18,21)(H,19,20). The van der Waals surface area contributed by atoms with Crippen molar-refractivity contribution >= 4 is 17.5 Å². The summed E-state index contributed by atoms with van der Waals surface area (Å²) in [6.45, 7) is 3.68. The monoisotopic (exact) mass is 289 g/mol. The molecule has 1 aromatic rings. The van der Waals surface area contributed by atoms with Gasteiger partial charge >= 0.3 is 0 Å². The average Bonchev–Trinajstić information content (AvgIpc) is 2.98. The molecule has 1 aliphatic rings. The van der Waals surface area contributed by atoms with Gasteiger partial charge in [-0.1, -0.05) is 6.92 Å². The zero-order chi connectivity index (χ0) is 15.1. The van der Waals surface area contributed by atoms with Gasteiger partial charge in [-0.05, 0) is 50.1 Å². The Hall–Kier alpha value is -1.88. The van der Waals surface area contributed by atoms with Crippen molar-refractivity contribution in [1.82, 2.24) is 10.6 Å². The van der Waals surface area contributed by atoms with Crippen LogP contribution in [-0.4, -0.2) is 30.9 Å². The second-order valence-corrected chi connectivity index (χ2v) is 5.38. The van der Waals surface area contributed by atoms with Crippen LogP contribution in [0.4, 0.5) is 5.69 Å². The van der Waals surface area contributed by atoms with Crippen LogP contribution in [0.5, 0.6) is 0 Å². The predicted octanol–water partition coefficient (Wildman–Crippen LogP) is 1.91. The van der Waals surface area contributed by atoms with Crippen LogP contribution in [0, 0.1) is 0 Å². The Bertz CT molecular complexity index is 479. The number of rotatable bonds is 6. The van der Waals surface area contributed by atoms with E-state index in [4.69, 9.17) is 0 Å². The maximum absolute atomic E-state index is 11.9. The van der Waals surface area contributed by atoms with Crippen molar-refractivity contribution in [2.45, 2.75) is 38.6 Å². The smallest absolute Gasteiger partial charge is 0.251 e. The maximum atomic E-state index is 11.9. The minimum atomic E-state index is -0.0788. The number of nitrogens with one attached hydrogen (secondary N) is 3. The van der Waals surface area contributed by atoms with E-state index in [1.165, 1.54) is 0 Å². The summed E-state index contributed by atoms with van der Waals surface area (Å²) in [4.78, 5) is 23.7. The molecule has 1 fully saturated rings. The average molecular weight is 289 g/mol. The lowest BCUT2D eigenvalue weighted by Crippen LogP contribution is -2.27.